The quantitative estimate of drug-likeness (QED) is 0.285. The Bertz CT molecular complexity index is 1110. The number of halogens is 2. The molecular weight excluding hydrogens is 441 g/mol. The summed E-state index contributed by atoms with van der Waals surface area (Å²) in [5.41, 5.74) is 2.24. The van der Waals surface area contributed by atoms with E-state index in [1.54, 1.807) is 24.1 Å². The smallest absolute Gasteiger partial charge is 0.192 e. The molecule has 0 amide bonds. The zero-order valence-electron chi connectivity index (χ0n) is 16.2. The van der Waals surface area contributed by atoms with Gasteiger partial charge in [0.15, 0.2) is 11.0 Å². The minimum Gasteiger partial charge on any atom is -0.486 e. The largest absolute Gasteiger partial charge is 0.486 e. The van der Waals surface area contributed by atoms with E-state index in [9.17, 15) is 0 Å². The van der Waals surface area contributed by atoms with Gasteiger partial charge in [0.2, 0.25) is 0 Å². The molecule has 0 saturated carbocycles. The molecule has 30 heavy (non-hydrogen) atoms. The van der Waals surface area contributed by atoms with Crippen LogP contribution < -0.4 is 4.74 Å². The van der Waals surface area contributed by atoms with Crippen LogP contribution in [0.3, 0.4) is 0 Å². The first-order valence-electron chi connectivity index (χ1n) is 9.29. The van der Waals surface area contributed by atoms with Crippen molar-refractivity contribution in [2.75, 3.05) is 0 Å². The molecular formula is C22H19Cl2N3O2S. The van der Waals surface area contributed by atoms with Crippen molar-refractivity contribution in [3.63, 3.8) is 0 Å². The van der Waals surface area contributed by atoms with Gasteiger partial charge in [-0.15, -0.1) is 10.2 Å². The highest BCUT2D eigenvalue weighted by Crippen LogP contribution is 2.28. The van der Waals surface area contributed by atoms with Gasteiger partial charge in [0.25, 0.3) is 0 Å². The summed E-state index contributed by atoms with van der Waals surface area (Å²) in [7, 11) is 0. The van der Waals surface area contributed by atoms with E-state index >= 15 is 0 Å². The summed E-state index contributed by atoms with van der Waals surface area (Å²) < 4.78 is 13.5. The predicted octanol–water partition coefficient (Wildman–Crippen LogP) is 6.41. The summed E-state index contributed by atoms with van der Waals surface area (Å²) in [5, 5.41) is 10.6. The highest BCUT2D eigenvalue weighted by atomic mass is 35.5. The first-order chi connectivity index (χ1) is 14.6. The molecule has 0 aliphatic carbocycles. The maximum Gasteiger partial charge on any atom is 0.192 e. The molecule has 0 spiro atoms. The van der Waals surface area contributed by atoms with Gasteiger partial charge in [0.1, 0.15) is 18.1 Å². The Kier molecular flexibility index (Phi) is 6.67. The van der Waals surface area contributed by atoms with E-state index in [2.05, 4.69) is 10.2 Å². The highest BCUT2D eigenvalue weighted by Gasteiger charge is 2.15. The average molecular weight is 460 g/mol. The third-order valence-corrected chi connectivity index (χ3v) is 6.21. The first kappa shape index (κ1) is 20.8. The predicted molar refractivity (Wildman–Crippen MR) is 119 cm³/mol. The van der Waals surface area contributed by atoms with E-state index in [1.807, 2.05) is 60.0 Å². The fraction of sp³-hybridized carbons (Fsp3) is 0.182. The molecule has 0 N–H and O–H groups in total. The number of hydrogen-bond donors (Lipinski definition) is 0. The van der Waals surface area contributed by atoms with Crippen LogP contribution in [-0.4, -0.2) is 14.8 Å². The molecule has 0 atom stereocenters. The second-order valence-electron chi connectivity index (χ2n) is 6.70. The number of aryl methyl sites for hydroxylation is 1. The molecule has 0 radical (unpaired) electrons. The molecule has 8 heteroatoms. The van der Waals surface area contributed by atoms with Gasteiger partial charge in [-0.2, -0.15) is 0 Å². The van der Waals surface area contributed by atoms with Crippen LogP contribution in [0.15, 0.2) is 70.4 Å². The normalized spacial score (nSPS) is 11.0. The molecule has 154 valence electrons. The fourth-order valence-corrected chi connectivity index (χ4v) is 4.03. The van der Waals surface area contributed by atoms with Gasteiger partial charge in [-0.1, -0.05) is 58.7 Å². The van der Waals surface area contributed by atoms with Crippen LogP contribution in [0.5, 0.6) is 5.75 Å². The molecule has 0 unspecified atom stereocenters. The summed E-state index contributed by atoms with van der Waals surface area (Å²) >= 11 is 13.7. The molecule has 0 aliphatic heterocycles. The third kappa shape index (κ3) is 5.19. The monoisotopic (exact) mass is 459 g/mol. The number of furan rings is 1. The number of benzene rings is 2. The van der Waals surface area contributed by atoms with Crippen LogP contribution in [0.2, 0.25) is 10.0 Å². The van der Waals surface area contributed by atoms with Crippen molar-refractivity contribution in [1.82, 2.24) is 14.8 Å². The fourth-order valence-electron chi connectivity index (χ4n) is 2.81. The van der Waals surface area contributed by atoms with Gasteiger partial charge in [0.05, 0.1) is 22.9 Å². The summed E-state index contributed by atoms with van der Waals surface area (Å²) in [6.07, 6.45) is 1.66. The van der Waals surface area contributed by atoms with Crippen LogP contribution in [0.25, 0.3) is 0 Å². The van der Waals surface area contributed by atoms with Crippen molar-refractivity contribution >= 4 is 35.0 Å². The van der Waals surface area contributed by atoms with E-state index in [0.29, 0.717) is 28.9 Å². The topological polar surface area (TPSA) is 53.1 Å². The minimum atomic E-state index is 0.310. The van der Waals surface area contributed by atoms with Gasteiger partial charge in [-0.05, 0) is 48.9 Å². The van der Waals surface area contributed by atoms with Crippen molar-refractivity contribution in [3.05, 3.63) is 93.6 Å². The van der Waals surface area contributed by atoms with Crippen LogP contribution in [0, 0.1) is 6.92 Å². The van der Waals surface area contributed by atoms with Gasteiger partial charge in [0, 0.05) is 5.75 Å². The van der Waals surface area contributed by atoms with Gasteiger partial charge >= 0.3 is 0 Å². The van der Waals surface area contributed by atoms with Gasteiger partial charge in [-0.3, -0.25) is 4.57 Å². The zero-order chi connectivity index (χ0) is 20.9. The number of hydrogen-bond acceptors (Lipinski definition) is 5. The van der Waals surface area contributed by atoms with E-state index in [1.165, 1.54) is 5.56 Å². The SMILES string of the molecule is Cc1ccc(OCc2nnc(SCc3ccc(Cl)c(Cl)c3)n2Cc2ccco2)cc1. The third-order valence-electron chi connectivity index (χ3n) is 4.43. The molecule has 4 rings (SSSR count). The maximum atomic E-state index is 6.13. The van der Waals surface area contributed by atoms with E-state index in [4.69, 9.17) is 32.4 Å². The summed E-state index contributed by atoms with van der Waals surface area (Å²) in [4.78, 5) is 0. The summed E-state index contributed by atoms with van der Waals surface area (Å²) in [6.45, 7) is 2.88. The van der Waals surface area contributed by atoms with Crippen molar-refractivity contribution in [1.29, 1.82) is 0 Å². The lowest BCUT2D eigenvalue weighted by molar-refractivity contribution is 0.287. The number of rotatable bonds is 8. The van der Waals surface area contributed by atoms with Crippen molar-refractivity contribution in [2.45, 2.75) is 31.0 Å². The van der Waals surface area contributed by atoms with Crippen LogP contribution in [-0.2, 0) is 18.9 Å². The second kappa shape index (κ2) is 9.60. The maximum absolute atomic E-state index is 6.13. The van der Waals surface area contributed by atoms with E-state index < -0.39 is 0 Å². The molecule has 0 saturated heterocycles. The van der Waals surface area contributed by atoms with Crippen LogP contribution >= 0.6 is 35.0 Å². The van der Waals surface area contributed by atoms with Crippen molar-refractivity contribution in [3.8, 4) is 5.75 Å². The lowest BCUT2D eigenvalue weighted by Gasteiger charge is -2.10. The second-order valence-corrected chi connectivity index (χ2v) is 8.46. The molecule has 2 heterocycles. The Morgan fingerprint density at radius 2 is 1.87 bits per heavy atom. The summed E-state index contributed by atoms with van der Waals surface area (Å²) in [6, 6.07) is 17.3. The van der Waals surface area contributed by atoms with E-state index in [-0.39, 0.29) is 0 Å². The zero-order valence-corrected chi connectivity index (χ0v) is 18.5. The molecule has 5 nitrogen and oxygen atoms in total. The Hall–Kier alpha value is -2.41. The van der Waals surface area contributed by atoms with Gasteiger partial charge < -0.3 is 9.15 Å². The lowest BCUT2D eigenvalue weighted by atomic mass is 10.2. The van der Waals surface area contributed by atoms with Crippen LogP contribution in [0.1, 0.15) is 22.7 Å². The van der Waals surface area contributed by atoms with E-state index in [0.717, 1.165) is 28.1 Å². The highest BCUT2D eigenvalue weighted by molar-refractivity contribution is 7.98. The lowest BCUT2D eigenvalue weighted by Crippen LogP contribution is -2.09. The average Bonchev–Trinajstić information content (AvgIpc) is 3.39. The van der Waals surface area contributed by atoms with Crippen LogP contribution in [0.4, 0.5) is 0 Å². The molecule has 0 aliphatic rings. The Labute approximate surface area is 189 Å². The molecule has 0 fully saturated rings. The number of ether oxygens (including phenoxy) is 1. The summed E-state index contributed by atoms with van der Waals surface area (Å²) in [5.74, 6) is 3.02. The standard InChI is InChI=1S/C22H19Cl2N3O2S/c1-15-4-7-17(8-5-15)29-13-21-25-26-22(27(21)12-18-3-2-10-28-18)30-14-16-6-9-19(23)20(24)11-16/h2-11H,12-14H2,1H3. The Morgan fingerprint density at radius 3 is 2.60 bits per heavy atom. The molecule has 0 bridgehead atoms. The number of aromatic nitrogens is 3. The molecule has 2 aromatic carbocycles. The number of nitrogens with zero attached hydrogens (tertiary/aromatic N) is 3. The van der Waals surface area contributed by atoms with Crippen molar-refractivity contribution in [2.24, 2.45) is 0 Å². The number of thioether (sulfide) groups is 1. The Morgan fingerprint density at radius 1 is 1.03 bits per heavy atom. The van der Waals surface area contributed by atoms with Crippen molar-refractivity contribution < 1.29 is 9.15 Å². The van der Waals surface area contributed by atoms with Gasteiger partial charge in [-0.25, -0.2) is 0 Å². The first-order valence-corrected chi connectivity index (χ1v) is 11.0. The molecule has 2 aromatic heterocycles. The minimum absolute atomic E-state index is 0.310. The molecule has 4 aromatic rings. The Balaban J connectivity index is 1.51.